The summed E-state index contributed by atoms with van der Waals surface area (Å²) in [5, 5.41) is 21.1. The Hall–Kier alpha value is -0.523. The highest BCUT2D eigenvalue weighted by Crippen LogP contribution is 2.39. The molecule has 8 nitrogen and oxygen atoms in total. The first-order valence-corrected chi connectivity index (χ1v) is 15.2. The first-order valence-electron chi connectivity index (χ1n) is 12.3. The molecule has 192 valence electrons. The minimum atomic E-state index is -1.89. The van der Waals surface area contributed by atoms with Crippen LogP contribution >= 0.6 is 0 Å². The molecule has 0 aromatic carbocycles. The SMILES string of the molecule is C[C@@H]1O[C@@H](O[C@@H]2C[C@H](O[C@H]3[C@H](O)C=CO[C@@H]3C)O[C@H](C)[C@H]2O)CC[C@@H]1O[Si](C)(C)C(C)(C)C. The van der Waals surface area contributed by atoms with Gasteiger partial charge in [0, 0.05) is 12.8 Å². The van der Waals surface area contributed by atoms with E-state index >= 15 is 0 Å². The van der Waals surface area contributed by atoms with Crippen molar-refractivity contribution >= 4 is 8.32 Å². The minimum Gasteiger partial charge on any atom is -0.496 e. The van der Waals surface area contributed by atoms with Gasteiger partial charge < -0.3 is 38.3 Å². The third-order valence-corrected chi connectivity index (χ3v) is 12.0. The Bertz CT molecular complexity index is 665. The summed E-state index contributed by atoms with van der Waals surface area (Å²) in [5.41, 5.74) is 0. The fraction of sp³-hybridized carbons (Fsp3) is 0.917. The molecule has 3 aliphatic heterocycles. The highest BCUT2D eigenvalue weighted by molar-refractivity contribution is 6.74. The van der Waals surface area contributed by atoms with E-state index in [2.05, 4.69) is 33.9 Å². The maximum atomic E-state index is 10.7. The van der Waals surface area contributed by atoms with Crippen LogP contribution < -0.4 is 0 Å². The number of ether oxygens (including phenoxy) is 5. The first-order chi connectivity index (χ1) is 15.3. The van der Waals surface area contributed by atoms with Gasteiger partial charge in [-0.1, -0.05) is 20.8 Å². The number of rotatable bonds is 6. The zero-order valence-corrected chi connectivity index (χ0v) is 22.4. The molecule has 0 radical (unpaired) electrons. The van der Waals surface area contributed by atoms with Crippen LogP contribution in [0.3, 0.4) is 0 Å². The van der Waals surface area contributed by atoms with Crippen molar-refractivity contribution in [2.45, 2.75) is 140 Å². The van der Waals surface area contributed by atoms with Crippen molar-refractivity contribution in [2.24, 2.45) is 0 Å². The van der Waals surface area contributed by atoms with Crippen LogP contribution in [-0.4, -0.2) is 79.9 Å². The van der Waals surface area contributed by atoms with Gasteiger partial charge in [-0.3, -0.25) is 0 Å². The predicted molar refractivity (Wildman–Crippen MR) is 126 cm³/mol. The van der Waals surface area contributed by atoms with Gasteiger partial charge >= 0.3 is 0 Å². The number of hydrogen-bond acceptors (Lipinski definition) is 8. The first kappa shape index (κ1) is 27.1. The average molecular weight is 489 g/mol. The summed E-state index contributed by atoms with van der Waals surface area (Å²) in [6.07, 6.45) is 0.417. The molecule has 2 N–H and O–H groups in total. The lowest BCUT2D eigenvalue weighted by Crippen LogP contribution is -2.54. The smallest absolute Gasteiger partial charge is 0.192 e. The van der Waals surface area contributed by atoms with Crippen LogP contribution in [0.4, 0.5) is 0 Å². The van der Waals surface area contributed by atoms with E-state index in [1.54, 1.807) is 13.0 Å². The largest absolute Gasteiger partial charge is 0.496 e. The Morgan fingerprint density at radius 3 is 2.15 bits per heavy atom. The summed E-state index contributed by atoms with van der Waals surface area (Å²) in [5.74, 6) is 0. The highest BCUT2D eigenvalue weighted by atomic mass is 28.4. The van der Waals surface area contributed by atoms with Crippen LogP contribution in [-0.2, 0) is 28.1 Å². The van der Waals surface area contributed by atoms with E-state index in [1.807, 2.05) is 13.8 Å². The molecule has 3 aliphatic rings. The summed E-state index contributed by atoms with van der Waals surface area (Å²) in [6, 6.07) is 0. The highest BCUT2D eigenvalue weighted by Gasteiger charge is 2.44. The molecule has 3 rings (SSSR count). The van der Waals surface area contributed by atoms with Crippen molar-refractivity contribution in [3.8, 4) is 0 Å². The van der Waals surface area contributed by atoms with Crippen LogP contribution in [0.25, 0.3) is 0 Å². The van der Waals surface area contributed by atoms with Gasteiger partial charge in [-0.2, -0.15) is 0 Å². The van der Waals surface area contributed by atoms with Gasteiger partial charge in [0.2, 0.25) is 0 Å². The summed E-state index contributed by atoms with van der Waals surface area (Å²) in [6.45, 7) is 16.9. The van der Waals surface area contributed by atoms with Crippen molar-refractivity contribution < 1.29 is 38.3 Å². The van der Waals surface area contributed by atoms with Gasteiger partial charge in [-0.25, -0.2) is 0 Å². The molecule has 0 aromatic heterocycles. The van der Waals surface area contributed by atoms with E-state index in [4.69, 9.17) is 28.1 Å². The Balaban J connectivity index is 1.56. The van der Waals surface area contributed by atoms with Crippen LogP contribution in [0.2, 0.25) is 18.1 Å². The van der Waals surface area contributed by atoms with Gasteiger partial charge in [-0.05, 0) is 51.4 Å². The number of aliphatic hydroxyl groups excluding tert-OH is 2. The monoisotopic (exact) mass is 488 g/mol. The molecule has 0 saturated carbocycles. The van der Waals surface area contributed by atoms with E-state index in [0.29, 0.717) is 12.8 Å². The molecule has 0 aliphatic carbocycles. The maximum absolute atomic E-state index is 10.7. The summed E-state index contributed by atoms with van der Waals surface area (Å²) < 4.78 is 36.3. The zero-order valence-electron chi connectivity index (χ0n) is 21.4. The average Bonchev–Trinajstić information content (AvgIpc) is 2.70. The van der Waals surface area contributed by atoms with Crippen molar-refractivity contribution in [2.75, 3.05) is 0 Å². The molecule has 3 heterocycles. The van der Waals surface area contributed by atoms with Crippen molar-refractivity contribution in [3.63, 3.8) is 0 Å². The number of hydrogen-bond donors (Lipinski definition) is 2. The van der Waals surface area contributed by atoms with Gasteiger partial charge in [0.25, 0.3) is 0 Å². The molecular weight excluding hydrogens is 444 g/mol. The Labute approximate surface area is 199 Å². The second-order valence-electron chi connectivity index (χ2n) is 11.2. The number of aliphatic hydroxyl groups is 2. The van der Waals surface area contributed by atoms with Gasteiger partial charge in [0.05, 0.1) is 30.7 Å². The lowest BCUT2D eigenvalue weighted by molar-refractivity contribution is -0.310. The van der Waals surface area contributed by atoms with E-state index in [9.17, 15) is 10.2 Å². The van der Waals surface area contributed by atoms with Gasteiger partial charge in [-0.15, -0.1) is 0 Å². The molecule has 2 saturated heterocycles. The van der Waals surface area contributed by atoms with Crippen LogP contribution in [0.15, 0.2) is 12.3 Å². The molecule has 10 atom stereocenters. The summed E-state index contributed by atoms with van der Waals surface area (Å²) in [7, 11) is -1.89. The third kappa shape index (κ3) is 6.58. The standard InChI is InChI=1S/C24H44O8Si/c1-14-18(32-33(7,8)24(4,5)6)9-10-20(28-14)30-19-13-21(29-15(2)22(19)26)31-23-16(3)27-12-11-17(23)25/h11-12,14-23,25-26H,9-10,13H2,1-8H3/t14-,15+,16+,17+,18-,19+,20-,21-,22+,23+/m0/s1. The second-order valence-corrected chi connectivity index (χ2v) is 16.0. The third-order valence-electron chi connectivity index (χ3n) is 7.49. The molecule has 0 amide bonds. The van der Waals surface area contributed by atoms with Crippen LogP contribution in [0, 0.1) is 0 Å². The molecule has 33 heavy (non-hydrogen) atoms. The minimum absolute atomic E-state index is 0.0442. The van der Waals surface area contributed by atoms with E-state index in [-0.39, 0.29) is 23.4 Å². The van der Waals surface area contributed by atoms with Crippen LogP contribution in [0.5, 0.6) is 0 Å². The molecule has 0 aromatic rings. The van der Waals surface area contributed by atoms with Crippen molar-refractivity contribution in [3.05, 3.63) is 12.3 Å². The molecule has 0 spiro atoms. The van der Waals surface area contributed by atoms with E-state index < -0.39 is 51.4 Å². The quantitative estimate of drug-likeness (QED) is 0.549. The molecule has 0 bridgehead atoms. The van der Waals surface area contributed by atoms with E-state index in [1.165, 1.54) is 6.26 Å². The predicted octanol–water partition coefficient (Wildman–Crippen LogP) is 3.46. The zero-order chi connectivity index (χ0) is 24.6. The van der Waals surface area contributed by atoms with Crippen molar-refractivity contribution in [1.82, 2.24) is 0 Å². The Morgan fingerprint density at radius 1 is 0.879 bits per heavy atom. The van der Waals surface area contributed by atoms with E-state index in [0.717, 1.165) is 6.42 Å². The summed E-state index contributed by atoms with van der Waals surface area (Å²) in [4.78, 5) is 0. The Morgan fingerprint density at radius 2 is 1.55 bits per heavy atom. The fourth-order valence-electron chi connectivity index (χ4n) is 4.25. The molecule has 0 unspecified atom stereocenters. The molecule has 9 heteroatoms. The maximum Gasteiger partial charge on any atom is 0.192 e. The summed E-state index contributed by atoms with van der Waals surface area (Å²) >= 11 is 0. The lowest BCUT2D eigenvalue weighted by atomic mass is 10.0. The van der Waals surface area contributed by atoms with Crippen LogP contribution in [0.1, 0.15) is 60.8 Å². The normalized spacial score (nSPS) is 42.7. The van der Waals surface area contributed by atoms with Gasteiger partial charge in [0.15, 0.2) is 20.9 Å². The lowest BCUT2D eigenvalue weighted by Gasteiger charge is -2.45. The topological polar surface area (TPSA) is 95.8 Å². The Kier molecular flexibility index (Phi) is 8.71. The second kappa shape index (κ2) is 10.6. The molecular formula is C24H44O8Si. The van der Waals surface area contributed by atoms with Gasteiger partial charge in [0.1, 0.15) is 24.4 Å². The van der Waals surface area contributed by atoms with Crippen molar-refractivity contribution in [1.29, 1.82) is 0 Å². The molecule has 2 fully saturated rings. The fourth-order valence-corrected chi connectivity index (χ4v) is 5.67.